The zero-order valence-corrected chi connectivity index (χ0v) is 14.7. The quantitative estimate of drug-likeness (QED) is 0.576. The number of benzene rings is 1. The van der Waals surface area contributed by atoms with E-state index in [1.165, 1.54) is 0 Å². The number of guanidine groups is 1. The van der Waals surface area contributed by atoms with Gasteiger partial charge >= 0.3 is 0 Å². The lowest BCUT2D eigenvalue weighted by Crippen LogP contribution is -2.52. The summed E-state index contributed by atoms with van der Waals surface area (Å²) in [4.78, 5) is 4.19. The molecule has 7 nitrogen and oxygen atoms in total. The van der Waals surface area contributed by atoms with Crippen molar-refractivity contribution < 1.29 is 17.9 Å². The highest BCUT2D eigenvalue weighted by atomic mass is 32.2. The third-order valence-electron chi connectivity index (χ3n) is 4.11. The van der Waals surface area contributed by atoms with Crippen molar-refractivity contribution in [3.63, 3.8) is 0 Å². The Hall–Kier alpha value is -1.64. The van der Waals surface area contributed by atoms with Crippen LogP contribution in [0.25, 0.3) is 0 Å². The van der Waals surface area contributed by atoms with E-state index in [9.17, 15) is 8.42 Å². The molecule has 0 saturated carbocycles. The zero-order valence-electron chi connectivity index (χ0n) is 13.8. The molecule has 0 bridgehead atoms. The molecule has 2 saturated heterocycles. The zero-order chi connectivity index (χ0) is 17.0. The van der Waals surface area contributed by atoms with E-state index in [1.54, 1.807) is 24.3 Å². The second-order valence-electron chi connectivity index (χ2n) is 5.88. The monoisotopic (exact) mass is 353 g/mol. The van der Waals surface area contributed by atoms with Gasteiger partial charge in [-0.2, -0.15) is 8.42 Å². The Labute approximate surface area is 142 Å². The molecule has 24 heavy (non-hydrogen) atoms. The number of morpholine rings is 2. The number of hydrogen-bond donors (Lipinski definition) is 0. The Bertz CT molecular complexity index is 656. The first-order chi connectivity index (χ1) is 11.6. The molecule has 0 aromatic heterocycles. The molecular formula is C16H23N3O4S. The van der Waals surface area contributed by atoms with E-state index in [1.807, 2.05) is 16.7 Å². The first kappa shape index (κ1) is 17.2. The van der Waals surface area contributed by atoms with Crippen LogP contribution in [0.5, 0.6) is 0 Å². The van der Waals surface area contributed by atoms with Gasteiger partial charge in [-0.25, -0.2) is 0 Å². The number of ether oxygens (including phenoxy) is 2. The Balaban J connectivity index is 1.93. The van der Waals surface area contributed by atoms with E-state index in [2.05, 4.69) is 4.40 Å². The minimum Gasteiger partial charge on any atom is -0.378 e. The summed E-state index contributed by atoms with van der Waals surface area (Å²) in [5, 5.41) is 0. The third kappa shape index (κ3) is 4.06. The smallest absolute Gasteiger partial charge is 0.285 e. The van der Waals surface area contributed by atoms with Gasteiger partial charge in [0, 0.05) is 26.2 Å². The molecule has 8 heteroatoms. The van der Waals surface area contributed by atoms with Crippen molar-refractivity contribution in [3.05, 3.63) is 29.8 Å². The molecule has 1 aromatic carbocycles. The molecule has 132 valence electrons. The minimum atomic E-state index is -3.75. The predicted molar refractivity (Wildman–Crippen MR) is 90.6 cm³/mol. The van der Waals surface area contributed by atoms with E-state index in [0.717, 1.165) is 5.56 Å². The van der Waals surface area contributed by atoms with Crippen LogP contribution in [0, 0.1) is 6.92 Å². The summed E-state index contributed by atoms with van der Waals surface area (Å²) in [5.74, 6) is 0.502. The van der Waals surface area contributed by atoms with Gasteiger partial charge in [0.25, 0.3) is 10.0 Å². The predicted octanol–water partition coefficient (Wildman–Crippen LogP) is 0.704. The standard InChI is InChI=1S/C16H23N3O4S/c1-14-2-4-15(5-3-14)24(20,21)17-16(18-6-10-22-11-7-18)19-8-12-23-13-9-19/h2-5H,6-13H2,1H3. The summed E-state index contributed by atoms with van der Waals surface area (Å²) in [7, 11) is -3.75. The van der Waals surface area contributed by atoms with Gasteiger partial charge in [0.15, 0.2) is 0 Å². The molecule has 2 heterocycles. The highest BCUT2D eigenvalue weighted by molar-refractivity contribution is 7.90. The van der Waals surface area contributed by atoms with Crippen LogP contribution < -0.4 is 0 Å². The lowest BCUT2D eigenvalue weighted by atomic mass is 10.2. The Morgan fingerprint density at radius 1 is 0.917 bits per heavy atom. The van der Waals surface area contributed by atoms with Crippen LogP contribution in [0.15, 0.2) is 33.6 Å². The van der Waals surface area contributed by atoms with Gasteiger partial charge in [0.2, 0.25) is 5.96 Å². The lowest BCUT2D eigenvalue weighted by Gasteiger charge is -2.37. The maximum Gasteiger partial charge on any atom is 0.285 e. The highest BCUT2D eigenvalue weighted by Crippen LogP contribution is 2.16. The van der Waals surface area contributed by atoms with Crippen molar-refractivity contribution in [2.45, 2.75) is 11.8 Å². The molecule has 0 radical (unpaired) electrons. The molecular weight excluding hydrogens is 330 g/mol. The fourth-order valence-corrected chi connectivity index (χ4v) is 3.74. The van der Waals surface area contributed by atoms with Crippen LogP contribution in [0.4, 0.5) is 0 Å². The van der Waals surface area contributed by atoms with Gasteiger partial charge in [0.1, 0.15) is 0 Å². The first-order valence-electron chi connectivity index (χ1n) is 8.13. The van der Waals surface area contributed by atoms with Crippen LogP contribution in [-0.4, -0.2) is 76.8 Å². The summed E-state index contributed by atoms with van der Waals surface area (Å²) in [6.07, 6.45) is 0. The molecule has 3 rings (SSSR count). The molecule has 0 atom stereocenters. The number of hydrogen-bond acceptors (Lipinski definition) is 4. The maximum absolute atomic E-state index is 12.7. The normalized spacial score (nSPS) is 19.2. The number of rotatable bonds is 2. The summed E-state index contributed by atoms with van der Waals surface area (Å²) >= 11 is 0. The average molecular weight is 353 g/mol. The second kappa shape index (κ2) is 7.50. The molecule has 0 amide bonds. The summed E-state index contributed by atoms with van der Waals surface area (Å²) < 4.78 is 40.4. The van der Waals surface area contributed by atoms with E-state index in [-0.39, 0.29) is 4.90 Å². The van der Waals surface area contributed by atoms with E-state index in [0.29, 0.717) is 58.6 Å². The fraction of sp³-hybridized carbons (Fsp3) is 0.562. The molecule has 0 aliphatic carbocycles. The molecule has 0 N–H and O–H groups in total. The van der Waals surface area contributed by atoms with Crippen molar-refractivity contribution in [2.75, 3.05) is 52.6 Å². The summed E-state index contributed by atoms with van der Waals surface area (Å²) in [6.45, 7) is 6.79. The Morgan fingerprint density at radius 2 is 1.38 bits per heavy atom. The Kier molecular flexibility index (Phi) is 5.37. The van der Waals surface area contributed by atoms with E-state index in [4.69, 9.17) is 9.47 Å². The second-order valence-corrected chi connectivity index (χ2v) is 7.48. The largest absolute Gasteiger partial charge is 0.378 e. The van der Waals surface area contributed by atoms with Gasteiger partial charge in [0.05, 0.1) is 31.3 Å². The first-order valence-corrected chi connectivity index (χ1v) is 9.57. The summed E-state index contributed by atoms with van der Waals surface area (Å²) in [5.41, 5.74) is 1.01. The molecule has 1 aromatic rings. The van der Waals surface area contributed by atoms with Crippen molar-refractivity contribution in [2.24, 2.45) is 4.40 Å². The molecule has 2 fully saturated rings. The van der Waals surface area contributed by atoms with Crippen molar-refractivity contribution in [1.82, 2.24) is 9.80 Å². The molecule has 0 unspecified atom stereocenters. The number of sulfonamides is 1. The van der Waals surface area contributed by atoms with Crippen LogP contribution in [0.3, 0.4) is 0 Å². The van der Waals surface area contributed by atoms with Crippen LogP contribution in [0.2, 0.25) is 0 Å². The number of aryl methyl sites for hydroxylation is 1. The minimum absolute atomic E-state index is 0.215. The highest BCUT2D eigenvalue weighted by Gasteiger charge is 2.26. The van der Waals surface area contributed by atoms with E-state index >= 15 is 0 Å². The molecule has 0 spiro atoms. The van der Waals surface area contributed by atoms with Crippen molar-refractivity contribution in [1.29, 1.82) is 0 Å². The molecule has 2 aliphatic rings. The lowest BCUT2D eigenvalue weighted by molar-refractivity contribution is 0.0423. The third-order valence-corrected chi connectivity index (χ3v) is 5.38. The van der Waals surface area contributed by atoms with Crippen molar-refractivity contribution in [3.8, 4) is 0 Å². The SMILES string of the molecule is Cc1ccc(S(=O)(=O)N=C(N2CCOCC2)N2CCOCC2)cc1. The van der Waals surface area contributed by atoms with Crippen molar-refractivity contribution >= 4 is 16.0 Å². The van der Waals surface area contributed by atoms with Gasteiger partial charge in [-0.1, -0.05) is 17.7 Å². The fourth-order valence-electron chi connectivity index (χ4n) is 2.71. The molecule has 2 aliphatic heterocycles. The van der Waals surface area contributed by atoms with Gasteiger partial charge in [-0.15, -0.1) is 4.40 Å². The van der Waals surface area contributed by atoms with Gasteiger partial charge < -0.3 is 19.3 Å². The maximum atomic E-state index is 12.7. The van der Waals surface area contributed by atoms with Crippen LogP contribution >= 0.6 is 0 Å². The topological polar surface area (TPSA) is 71.4 Å². The van der Waals surface area contributed by atoms with Crippen LogP contribution in [0.1, 0.15) is 5.56 Å². The van der Waals surface area contributed by atoms with Crippen LogP contribution in [-0.2, 0) is 19.5 Å². The van der Waals surface area contributed by atoms with Gasteiger partial charge in [-0.3, -0.25) is 0 Å². The van der Waals surface area contributed by atoms with Gasteiger partial charge in [-0.05, 0) is 19.1 Å². The Morgan fingerprint density at radius 3 is 1.83 bits per heavy atom. The van der Waals surface area contributed by atoms with E-state index < -0.39 is 10.0 Å². The number of nitrogens with zero attached hydrogens (tertiary/aromatic N) is 3. The average Bonchev–Trinajstić information content (AvgIpc) is 2.62. The summed E-state index contributed by atoms with van der Waals surface area (Å²) in [6, 6.07) is 6.77.